The van der Waals surface area contributed by atoms with Gasteiger partial charge in [0.2, 0.25) is 0 Å². The minimum Gasteiger partial charge on any atom is -0.748 e. The second-order valence-corrected chi connectivity index (χ2v) is 7.70. The van der Waals surface area contributed by atoms with Crippen molar-refractivity contribution in [1.82, 2.24) is 0 Å². The van der Waals surface area contributed by atoms with Crippen molar-refractivity contribution in [3.05, 3.63) is 0 Å². The van der Waals surface area contributed by atoms with Crippen LogP contribution in [0.3, 0.4) is 0 Å². The Kier molecular flexibility index (Phi) is 17.8. The summed E-state index contributed by atoms with van der Waals surface area (Å²) in [7, 11) is -4.09. The molecule has 4 nitrogen and oxygen atoms in total. The van der Waals surface area contributed by atoms with E-state index in [9.17, 15) is 13.0 Å². The number of rotatable bonds is 13. The monoisotopic (exact) mass is 346 g/mol. The minimum atomic E-state index is -4.09. The smallest absolute Gasteiger partial charge is 0.748 e. The molecule has 0 fully saturated rings. The van der Waals surface area contributed by atoms with Crippen molar-refractivity contribution in [2.24, 2.45) is 0 Å². The zero-order valence-corrected chi connectivity index (χ0v) is 18.0. The minimum absolute atomic E-state index is 0. The fraction of sp³-hybridized carbons (Fsp3) is 1.00. The molecule has 2 unspecified atom stereocenters. The fourth-order valence-corrected chi connectivity index (χ4v) is 2.71. The molecular formula is C15H31KO4S. The van der Waals surface area contributed by atoms with E-state index in [4.69, 9.17) is 5.11 Å². The predicted octanol–water partition coefficient (Wildman–Crippen LogP) is 0.596. The molecule has 0 aliphatic carbocycles. The van der Waals surface area contributed by atoms with Gasteiger partial charge in [-0.3, -0.25) is 0 Å². The van der Waals surface area contributed by atoms with Crippen molar-refractivity contribution in [1.29, 1.82) is 0 Å². The summed E-state index contributed by atoms with van der Waals surface area (Å²) >= 11 is 0. The van der Waals surface area contributed by atoms with Gasteiger partial charge in [-0.25, -0.2) is 8.42 Å². The Bertz CT molecular complexity index is 318. The maximum Gasteiger partial charge on any atom is 1.00 e. The van der Waals surface area contributed by atoms with Crippen LogP contribution in [0.1, 0.15) is 84.5 Å². The number of unbranched alkanes of at least 4 members (excludes halogenated alkanes) is 8. The molecule has 0 bridgehead atoms. The summed E-state index contributed by atoms with van der Waals surface area (Å²) in [5.74, 6) is 0. The van der Waals surface area contributed by atoms with Gasteiger partial charge in [-0.05, 0) is 26.7 Å². The Balaban J connectivity index is 0. The van der Waals surface area contributed by atoms with Gasteiger partial charge in [0.15, 0.2) is 0 Å². The van der Waals surface area contributed by atoms with Gasteiger partial charge in [-0.2, -0.15) is 0 Å². The predicted molar refractivity (Wildman–Crippen MR) is 81.6 cm³/mol. The van der Waals surface area contributed by atoms with Gasteiger partial charge in [-0.1, -0.05) is 57.8 Å². The Hall–Kier alpha value is 1.51. The fourth-order valence-electron chi connectivity index (χ4n) is 2.25. The van der Waals surface area contributed by atoms with E-state index in [1.807, 2.05) is 6.92 Å². The van der Waals surface area contributed by atoms with Gasteiger partial charge in [0.1, 0.15) is 0 Å². The summed E-state index contributed by atoms with van der Waals surface area (Å²) in [4.78, 5) is 0. The number of aliphatic hydroxyl groups excluding tert-OH is 1. The van der Waals surface area contributed by atoms with E-state index in [0.29, 0.717) is 6.42 Å². The van der Waals surface area contributed by atoms with Crippen LogP contribution in [0.15, 0.2) is 0 Å². The number of hydrogen-bond donors (Lipinski definition) is 1. The van der Waals surface area contributed by atoms with E-state index < -0.39 is 15.4 Å². The maximum absolute atomic E-state index is 10.7. The molecule has 0 radical (unpaired) electrons. The van der Waals surface area contributed by atoms with Crippen LogP contribution in [-0.2, 0) is 10.1 Å². The van der Waals surface area contributed by atoms with E-state index in [1.54, 1.807) is 0 Å². The third-order valence-corrected chi connectivity index (χ3v) is 4.95. The zero-order valence-electron chi connectivity index (χ0n) is 14.0. The van der Waals surface area contributed by atoms with Gasteiger partial charge in [0.25, 0.3) is 0 Å². The third-order valence-electron chi connectivity index (χ3n) is 3.73. The maximum atomic E-state index is 10.7. The van der Waals surface area contributed by atoms with Gasteiger partial charge >= 0.3 is 51.4 Å². The molecular weight excluding hydrogens is 315 g/mol. The summed E-state index contributed by atoms with van der Waals surface area (Å²) in [6.07, 6.45) is 11.4. The molecule has 0 heterocycles. The largest absolute Gasteiger partial charge is 1.00 e. The number of aliphatic hydroxyl groups is 1. The van der Waals surface area contributed by atoms with Crippen molar-refractivity contribution >= 4 is 10.1 Å². The summed E-state index contributed by atoms with van der Waals surface area (Å²) in [5.41, 5.74) is 0. The molecule has 2 atom stereocenters. The first kappa shape index (κ1) is 24.8. The first-order valence-electron chi connectivity index (χ1n) is 7.97. The second-order valence-electron chi connectivity index (χ2n) is 5.91. The van der Waals surface area contributed by atoms with E-state index in [2.05, 4.69) is 0 Å². The zero-order chi connectivity index (χ0) is 15.4. The summed E-state index contributed by atoms with van der Waals surface area (Å²) < 4.78 is 32.1. The van der Waals surface area contributed by atoms with Crippen LogP contribution in [0.4, 0.5) is 0 Å². The molecule has 0 aromatic heterocycles. The molecule has 0 aromatic rings. The summed E-state index contributed by atoms with van der Waals surface area (Å²) in [6, 6.07) is 0. The molecule has 0 amide bonds. The molecule has 0 aliphatic rings. The molecule has 1 N–H and O–H groups in total. The van der Waals surface area contributed by atoms with Crippen LogP contribution in [0, 0.1) is 0 Å². The second kappa shape index (κ2) is 15.1. The Morgan fingerprint density at radius 3 is 1.48 bits per heavy atom. The van der Waals surface area contributed by atoms with Gasteiger partial charge in [-0.15, -0.1) is 0 Å². The molecule has 0 saturated heterocycles. The molecule has 21 heavy (non-hydrogen) atoms. The summed E-state index contributed by atoms with van der Waals surface area (Å²) in [5, 5.41) is 8.37. The molecule has 122 valence electrons. The SMILES string of the molecule is CC(O)CCCCCCCCCCCC(C)S(=O)(=O)[O-].[K+]. The van der Waals surface area contributed by atoms with Crippen molar-refractivity contribution in [2.75, 3.05) is 0 Å². The van der Waals surface area contributed by atoms with E-state index in [0.717, 1.165) is 32.1 Å². The average Bonchev–Trinajstić information content (AvgIpc) is 2.34. The molecule has 6 heteroatoms. The van der Waals surface area contributed by atoms with E-state index >= 15 is 0 Å². The number of hydrogen-bond acceptors (Lipinski definition) is 4. The molecule has 0 aromatic carbocycles. The Morgan fingerprint density at radius 2 is 1.14 bits per heavy atom. The van der Waals surface area contributed by atoms with E-state index in [1.165, 1.54) is 39.0 Å². The van der Waals surface area contributed by atoms with Crippen LogP contribution >= 0.6 is 0 Å². The standard InChI is InChI=1S/C15H32O4S.K/c1-14(16)12-10-8-6-4-3-5-7-9-11-13-15(2)20(17,18)19;/h14-16H,3-13H2,1-2H3,(H,17,18,19);/q;+1/p-1. The van der Waals surface area contributed by atoms with Crippen molar-refractivity contribution in [2.45, 2.75) is 95.8 Å². The quantitative estimate of drug-likeness (QED) is 0.301. The van der Waals surface area contributed by atoms with Crippen LogP contribution in [0.5, 0.6) is 0 Å². The molecule has 0 aliphatic heterocycles. The van der Waals surface area contributed by atoms with Gasteiger partial charge in [0, 0.05) is 5.25 Å². The van der Waals surface area contributed by atoms with Gasteiger partial charge < -0.3 is 9.66 Å². The normalized spacial score (nSPS) is 14.5. The van der Waals surface area contributed by atoms with Crippen LogP contribution in [0.25, 0.3) is 0 Å². The summed E-state index contributed by atoms with van der Waals surface area (Å²) in [6.45, 7) is 3.33. The Labute approximate surface area is 173 Å². The molecule has 0 saturated carbocycles. The van der Waals surface area contributed by atoms with Crippen molar-refractivity contribution < 1.29 is 69.5 Å². The average molecular weight is 347 g/mol. The third kappa shape index (κ3) is 17.7. The van der Waals surface area contributed by atoms with Crippen LogP contribution < -0.4 is 51.4 Å². The van der Waals surface area contributed by atoms with Crippen molar-refractivity contribution in [3.63, 3.8) is 0 Å². The van der Waals surface area contributed by atoms with Gasteiger partial charge in [0.05, 0.1) is 16.2 Å². The van der Waals surface area contributed by atoms with E-state index in [-0.39, 0.29) is 57.5 Å². The van der Waals surface area contributed by atoms with Crippen LogP contribution in [0.2, 0.25) is 0 Å². The topological polar surface area (TPSA) is 77.4 Å². The first-order chi connectivity index (χ1) is 9.34. The van der Waals surface area contributed by atoms with Crippen LogP contribution in [-0.4, -0.2) is 29.4 Å². The Morgan fingerprint density at radius 1 is 0.810 bits per heavy atom. The molecule has 0 rings (SSSR count). The van der Waals surface area contributed by atoms with Crippen molar-refractivity contribution in [3.8, 4) is 0 Å². The first-order valence-corrected chi connectivity index (χ1v) is 9.44. The molecule has 0 spiro atoms.